The first-order valence-corrected chi connectivity index (χ1v) is 5.25. The van der Waals surface area contributed by atoms with Crippen LogP contribution in [0.15, 0.2) is 6.20 Å². The number of hydrogen-bond donors (Lipinski definition) is 1. The lowest BCUT2D eigenvalue weighted by Crippen LogP contribution is -2.19. The molecule has 0 radical (unpaired) electrons. The van der Waals surface area contributed by atoms with Crippen LogP contribution in [0.2, 0.25) is 0 Å². The Morgan fingerprint density at radius 1 is 1.41 bits per heavy atom. The number of pyridine rings is 1. The second-order valence-corrected chi connectivity index (χ2v) is 3.44. The van der Waals surface area contributed by atoms with Crippen LogP contribution in [0.1, 0.15) is 17.6 Å². The molecule has 0 bridgehead atoms. The van der Waals surface area contributed by atoms with Crippen LogP contribution in [0.4, 0.5) is 27.8 Å². The van der Waals surface area contributed by atoms with Gasteiger partial charge < -0.3 is 10.5 Å². The Kier molecular flexibility index (Phi) is 4.12. The molecule has 0 spiro atoms. The summed E-state index contributed by atoms with van der Waals surface area (Å²) in [4.78, 5) is 3.25. The number of halogens is 6. The third kappa shape index (κ3) is 3.42. The number of ether oxygens (including phenoxy) is 1. The molecule has 1 aromatic rings. The van der Waals surface area contributed by atoms with Gasteiger partial charge in [0.05, 0.1) is 11.8 Å². The van der Waals surface area contributed by atoms with Gasteiger partial charge in [-0.15, -0.1) is 13.2 Å². The fourth-order valence-corrected chi connectivity index (χ4v) is 1.74. The molecule has 0 saturated heterocycles. The van der Waals surface area contributed by atoms with E-state index >= 15 is 0 Å². The van der Waals surface area contributed by atoms with E-state index in [4.69, 9.17) is 5.73 Å². The maximum atomic E-state index is 12.6. The monoisotopic (exact) mass is 320 g/mol. The highest BCUT2D eigenvalue weighted by Gasteiger charge is 2.33. The second kappa shape index (κ2) is 5.03. The molecular formula is C8H6BrF5N2O. The van der Waals surface area contributed by atoms with Crippen LogP contribution in [0.3, 0.4) is 0 Å². The van der Waals surface area contributed by atoms with Gasteiger partial charge in [0.15, 0.2) is 5.75 Å². The quantitative estimate of drug-likeness (QED) is 0.686. The van der Waals surface area contributed by atoms with E-state index < -0.39 is 29.9 Å². The molecular weight excluding hydrogens is 315 g/mol. The standard InChI is InChI=1S/C8H6BrF5N2O/c9-1-3-4(17-8(12,13)14)2-16-7(15)5(3)6(10)11/h2,6H,1H2,(H2,15,16). The molecule has 0 amide bonds. The molecule has 9 heteroatoms. The number of nitrogen functional groups attached to an aromatic ring is 1. The third-order valence-electron chi connectivity index (χ3n) is 1.80. The summed E-state index contributed by atoms with van der Waals surface area (Å²) in [5.41, 5.74) is 4.05. The molecule has 0 fully saturated rings. The van der Waals surface area contributed by atoms with Gasteiger partial charge in [-0.1, -0.05) is 15.9 Å². The SMILES string of the molecule is Nc1ncc(OC(F)(F)F)c(CBr)c1C(F)F. The van der Waals surface area contributed by atoms with E-state index in [1.807, 2.05) is 0 Å². The van der Waals surface area contributed by atoms with Gasteiger partial charge in [-0.25, -0.2) is 13.8 Å². The number of hydrogen-bond acceptors (Lipinski definition) is 3. The number of nitrogens with two attached hydrogens (primary N) is 1. The van der Waals surface area contributed by atoms with Crippen LogP contribution >= 0.6 is 15.9 Å². The molecule has 0 aliphatic rings. The van der Waals surface area contributed by atoms with E-state index in [0.717, 1.165) is 0 Å². The summed E-state index contributed by atoms with van der Waals surface area (Å²) in [6, 6.07) is 0. The first kappa shape index (κ1) is 13.9. The van der Waals surface area contributed by atoms with Crippen LogP contribution < -0.4 is 10.5 Å². The van der Waals surface area contributed by atoms with Gasteiger partial charge in [-0.2, -0.15) is 0 Å². The van der Waals surface area contributed by atoms with Crippen molar-refractivity contribution < 1.29 is 26.7 Å². The first-order chi connectivity index (χ1) is 7.76. The van der Waals surface area contributed by atoms with Crippen molar-refractivity contribution >= 4 is 21.7 Å². The number of nitrogens with zero attached hydrogens (tertiary/aromatic N) is 1. The molecule has 0 aliphatic carbocycles. The van der Waals surface area contributed by atoms with E-state index in [0.29, 0.717) is 6.20 Å². The number of aromatic nitrogens is 1. The summed E-state index contributed by atoms with van der Waals surface area (Å²) in [6.07, 6.45) is -7.36. The minimum absolute atomic E-state index is 0.259. The fraction of sp³-hybridized carbons (Fsp3) is 0.375. The molecule has 0 unspecified atom stereocenters. The number of rotatable bonds is 3. The molecule has 0 atom stereocenters. The zero-order chi connectivity index (χ0) is 13.2. The fourth-order valence-electron chi connectivity index (χ4n) is 1.16. The van der Waals surface area contributed by atoms with Gasteiger partial charge in [0.25, 0.3) is 6.43 Å². The maximum absolute atomic E-state index is 12.6. The minimum atomic E-state index is -4.98. The summed E-state index contributed by atoms with van der Waals surface area (Å²) >= 11 is 2.81. The molecule has 0 saturated carbocycles. The normalized spacial score (nSPS) is 11.9. The predicted molar refractivity (Wildman–Crippen MR) is 52.9 cm³/mol. The highest BCUT2D eigenvalue weighted by atomic mass is 79.9. The molecule has 1 heterocycles. The third-order valence-corrected chi connectivity index (χ3v) is 2.36. The summed E-state index contributed by atoms with van der Waals surface area (Å²) in [6.45, 7) is 0. The van der Waals surface area contributed by atoms with Gasteiger partial charge in [0.1, 0.15) is 5.82 Å². The lowest BCUT2D eigenvalue weighted by atomic mass is 10.1. The smallest absolute Gasteiger partial charge is 0.404 e. The van der Waals surface area contributed by atoms with Gasteiger partial charge in [-0.05, 0) is 0 Å². The summed E-state index contributed by atoms with van der Waals surface area (Å²) in [5.74, 6) is -1.32. The Morgan fingerprint density at radius 3 is 2.41 bits per heavy atom. The van der Waals surface area contributed by atoms with Gasteiger partial charge in [-0.3, -0.25) is 0 Å². The van der Waals surface area contributed by atoms with Crippen molar-refractivity contribution in [2.75, 3.05) is 5.73 Å². The molecule has 1 rings (SSSR count). The van der Waals surface area contributed by atoms with Crippen molar-refractivity contribution in [3.05, 3.63) is 17.3 Å². The highest BCUT2D eigenvalue weighted by Crippen LogP contribution is 2.36. The number of anilines is 1. The van der Waals surface area contributed by atoms with Crippen molar-refractivity contribution in [1.29, 1.82) is 0 Å². The lowest BCUT2D eigenvalue weighted by Gasteiger charge is -2.15. The van der Waals surface area contributed by atoms with Crippen LogP contribution in [0.5, 0.6) is 5.75 Å². The van der Waals surface area contributed by atoms with Gasteiger partial charge >= 0.3 is 6.36 Å². The topological polar surface area (TPSA) is 48.1 Å². The van der Waals surface area contributed by atoms with Gasteiger partial charge in [0, 0.05) is 10.9 Å². The molecule has 1 aromatic heterocycles. The second-order valence-electron chi connectivity index (χ2n) is 2.88. The van der Waals surface area contributed by atoms with E-state index in [9.17, 15) is 22.0 Å². The van der Waals surface area contributed by atoms with Crippen molar-refractivity contribution in [2.24, 2.45) is 0 Å². The molecule has 2 N–H and O–H groups in total. The van der Waals surface area contributed by atoms with E-state index in [-0.39, 0.29) is 10.9 Å². The molecule has 96 valence electrons. The van der Waals surface area contributed by atoms with Crippen LogP contribution in [0, 0.1) is 0 Å². The largest absolute Gasteiger partial charge is 0.573 e. The van der Waals surface area contributed by atoms with Crippen LogP contribution in [0.25, 0.3) is 0 Å². The Hall–Kier alpha value is -1.12. The maximum Gasteiger partial charge on any atom is 0.573 e. The Balaban J connectivity index is 3.28. The Morgan fingerprint density at radius 2 is 2.00 bits per heavy atom. The van der Waals surface area contributed by atoms with Crippen molar-refractivity contribution in [3.8, 4) is 5.75 Å². The average Bonchev–Trinajstić information content (AvgIpc) is 2.17. The van der Waals surface area contributed by atoms with Crippen LogP contribution in [-0.4, -0.2) is 11.3 Å². The van der Waals surface area contributed by atoms with Crippen molar-refractivity contribution in [3.63, 3.8) is 0 Å². The molecule has 0 aromatic carbocycles. The van der Waals surface area contributed by atoms with Crippen LogP contribution in [-0.2, 0) is 5.33 Å². The van der Waals surface area contributed by atoms with E-state index in [1.165, 1.54) is 0 Å². The zero-order valence-corrected chi connectivity index (χ0v) is 9.65. The summed E-state index contributed by atoms with van der Waals surface area (Å²) < 4.78 is 64.8. The van der Waals surface area contributed by atoms with E-state index in [1.54, 1.807) is 0 Å². The first-order valence-electron chi connectivity index (χ1n) is 4.13. The molecule has 0 aliphatic heterocycles. The molecule has 3 nitrogen and oxygen atoms in total. The Labute approximate surface area is 101 Å². The van der Waals surface area contributed by atoms with Gasteiger partial charge in [0.2, 0.25) is 0 Å². The Bertz CT molecular complexity index is 410. The zero-order valence-electron chi connectivity index (χ0n) is 8.06. The summed E-state index contributed by atoms with van der Waals surface area (Å²) in [7, 11) is 0. The lowest BCUT2D eigenvalue weighted by molar-refractivity contribution is -0.275. The minimum Gasteiger partial charge on any atom is -0.404 e. The average molecular weight is 321 g/mol. The van der Waals surface area contributed by atoms with Crippen molar-refractivity contribution in [1.82, 2.24) is 4.98 Å². The van der Waals surface area contributed by atoms with Crippen molar-refractivity contribution in [2.45, 2.75) is 18.1 Å². The summed E-state index contributed by atoms with van der Waals surface area (Å²) in [5, 5.41) is -0.259. The molecule has 17 heavy (non-hydrogen) atoms. The number of alkyl halides is 6. The highest BCUT2D eigenvalue weighted by molar-refractivity contribution is 9.08. The van der Waals surface area contributed by atoms with E-state index in [2.05, 4.69) is 25.7 Å². The predicted octanol–water partition coefficient (Wildman–Crippen LogP) is 3.39.